The number of H-pyrrole nitrogens is 1. The van der Waals surface area contributed by atoms with Crippen LogP contribution in [0, 0.1) is 0 Å². The molecule has 98 valence electrons. The highest BCUT2D eigenvalue weighted by molar-refractivity contribution is 5.83. The monoisotopic (exact) mass is 250 g/mol. The van der Waals surface area contributed by atoms with Crippen molar-refractivity contribution in [2.75, 3.05) is 23.7 Å². The second kappa shape index (κ2) is 5.63. The minimum Gasteiger partial charge on any atom is -0.391 e. The number of imidazole rings is 1. The Balaban J connectivity index is 2.25. The molecular weight excluding hydrogens is 232 g/mol. The molecule has 1 unspecified atom stereocenters. The number of aromatic nitrogens is 4. The predicted molar refractivity (Wildman–Crippen MR) is 70.6 cm³/mol. The fourth-order valence-corrected chi connectivity index (χ4v) is 1.56. The van der Waals surface area contributed by atoms with Gasteiger partial charge in [0.15, 0.2) is 11.5 Å². The van der Waals surface area contributed by atoms with E-state index in [4.69, 9.17) is 0 Å². The van der Waals surface area contributed by atoms with Crippen molar-refractivity contribution in [1.29, 1.82) is 0 Å². The normalized spacial score (nSPS) is 12.6. The van der Waals surface area contributed by atoms with Crippen LogP contribution in [0.2, 0.25) is 0 Å². The molecular formula is C11H18N6O. The van der Waals surface area contributed by atoms with Gasteiger partial charge in [0, 0.05) is 13.1 Å². The number of rotatable bonds is 6. The Morgan fingerprint density at radius 1 is 1.33 bits per heavy atom. The molecule has 0 radical (unpaired) electrons. The maximum atomic E-state index is 9.57. The number of nitrogens with one attached hydrogen (secondary N) is 3. The van der Waals surface area contributed by atoms with Crippen molar-refractivity contribution in [3.63, 3.8) is 0 Å². The average molecular weight is 250 g/mol. The molecule has 0 aliphatic carbocycles. The molecule has 2 aromatic heterocycles. The highest BCUT2D eigenvalue weighted by Crippen LogP contribution is 2.18. The quantitative estimate of drug-likeness (QED) is 0.609. The van der Waals surface area contributed by atoms with Crippen LogP contribution in [0.25, 0.3) is 11.2 Å². The molecule has 2 rings (SSSR count). The van der Waals surface area contributed by atoms with E-state index in [1.807, 2.05) is 13.8 Å². The predicted octanol–water partition coefficient (Wildman–Crippen LogP) is 0.967. The van der Waals surface area contributed by atoms with Gasteiger partial charge < -0.3 is 20.7 Å². The van der Waals surface area contributed by atoms with E-state index in [0.717, 1.165) is 12.1 Å². The molecule has 0 bridgehead atoms. The highest BCUT2D eigenvalue weighted by Gasteiger charge is 2.10. The lowest BCUT2D eigenvalue weighted by Gasteiger charge is -2.11. The number of aromatic amines is 1. The van der Waals surface area contributed by atoms with Gasteiger partial charge in [0.2, 0.25) is 5.95 Å². The minimum atomic E-state index is -0.388. The van der Waals surface area contributed by atoms with Crippen molar-refractivity contribution >= 4 is 22.9 Å². The number of hydrogen-bond donors (Lipinski definition) is 4. The fraction of sp³-hybridized carbons (Fsp3) is 0.545. The van der Waals surface area contributed by atoms with Gasteiger partial charge in [-0.1, -0.05) is 6.92 Å². The summed E-state index contributed by atoms with van der Waals surface area (Å²) >= 11 is 0. The molecule has 7 heteroatoms. The maximum Gasteiger partial charge on any atom is 0.226 e. The van der Waals surface area contributed by atoms with Crippen LogP contribution in [-0.2, 0) is 0 Å². The van der Waals surface area contributed by atoms with Crippen molar-refractivity contribution in [2.24, 2.45) is 0 Å². The zero-order chi connectivity index (χ0) is 13.0. The van der Waals surface area contributed by atoms with E-state index in [-0.39, 0.29) is 6.10 Å². The lowest BCUT2D eigenvalue weighted by Crippen LogP contribution is -2.19. The molecule has 0 fully saturated rings. The van der Waals surface area contributed by atoms with E-state index in [0.29, 0.717) is 30.4 Å². The summed E-state index contributed by atoms with van der Waals surface area (Å²) < 4.78 is 0. The molecule has 0 spiro atoms. The third-order valence-electron chi connectivity index (χ3n) is 2.60. The van der Waals surface area contributed by atoms with Crippen LogP contribution >= 0.6 is 0 Å². The molecule has 0 aliphatic rings. The van der Waals surface area contributed by atoms with E-state index >= 15 is 0 Å². The first-order valence-corrected chi connectivity index (χ1v) is 6.11. The van der Waals surface area contributed by atoms with Crippen LogP contribution in [0.3, 0.4) is 0 Å². The zero-order valence-corrected chi connectivity index (χ0v) is 10.6. The summed E-state index contributed by atoms with van der Waals surface area (Å²) in [7, 11) is 0. The van der Waals surface area contributed by atoms with Crippen molar-refractivity contribution in [3.8, 4) is 0 Å². The third-order valence-corrected chi connectivity index (χ3v) is 2.60. The maximum absolute atomic E-state index is 9.57. The molecule has 0 saturated carbocycles. The molecule has 0 aromatic carbocycles. The second-order valence-corrected chi connectivity index (χ2v) is 3.97. The van der Waals surface area contributed by atoms with Gasteiger partial charge in [0.05, 0.1) is 12.4 Å². The number of anilines is 2. The molecule has 2 aromatic rings. The number of aliphatic hydroxyl groups excluding tert-OH is 1. The molecule has 7 nitrogen and oxygen atoms in total. The van der Waals surface area contributed by atoms with Crippen molar-refractivity contribution in [3.05, 3.63) is 6.33 Å². The molecule has 0 amide bonds. The van der Waals surface area contributed by atoms with Crippen LogP contribution in [0.5, 0.6) is 0 Å². The highest BCUT2D eigenvalue weighted by atomic mass is 16.3. The molecule has 18 heavy (non-hydrogen) atoms. The lowest BCUT2D eigenvalue weighted by molar-refractivity contribution is 0.183. The average Bonchev–Trinajstić information content (AvgIpc) is 2.84. The topological polar surface area (TPSA) is 98.8 Å². The van der Waals surface area contributed by atoms with Crippen molar-refractivity contribution in [2.45, 2.75) is 26.4 Å². The Bertz CT molecular complexity index is 511. The standard InChI is InChI=1S/C11H18N6O/c1-3-7(18)5-13-9-8-10(15-6-14-8)17-11(16-9)12-4-2/h6-7,18H,3-5H2,1-2H3,(H3,12,13,14,15,16,17). The minimum absolute atomic E-state index is 0.388. The number of hydrogen-bond acceptors (Lipinski definition) is 6. The molecule has 0 saturated heterocycles. The molecule has 2 heterocycles. The summed E-state index contributed by atoms with van der Waals surface area (Å²) in [5, 5.41) is 15.7. The number of nitrogens with zero attached hydrogens (tertiary/aromatic N) is 3. The Morgan fingerprint density at radius 3 is 2.89 bits per heavy atom. The van der Waals surface area contributed by atoms with Gasteiger partial charge in [-0.2, -0.15) is 9.97 Å². The summed E-state index contributed by atoms with van der Waals surface area (Å²) in [5.74, 6) is 1.19. The zero-order valence-electron chi connectivity index (χ0n) is 10.6. The van der Waals surface area contributed by atoms with Crippen LogP contribution in [0.1, 0.15) is 20.3 Å². The van der Waals surface area contributed by atoms with Crippen LogP contribution in [-0.4, -0.2) is 44.2 Å². The summed E-state index contributed by atoms with van der Waals surface area (Å²) in [5.41, 5.74) is 1.36. The van der Waals surface area contributed by atoms with E-state index < -0.39 is 0 Å². The van der Waals surface area contributed by atoms with Crippen molar-refractivity contribution in [1.82, 2.24) is 19.9 Å². The van der Waals surface area contributed by atoms with E-state index in [1.165, 1.54) is 0 Å². The SMILES string of the molecule is CCNc1nc(NCC(O)CC)c2[nH]cnc2n1. The fourth-order valence-electron chi connectivity index (χ4n) is 1.56. The van der Waals surface area contributed by atoms with E-state index in [2.05, 4.69) is 30.6 Å². The first-order chi connectivity index (χ1) is 8.74. The molecule has 1 atom stereocenters. The second-order valence-electron chi connectivity index (χ2n) is 3.97. The van der Waals surface area contributed by atoms with Crippen LogP contribution < -0.4 is 10.6 Å². The number of aliphatic hydroxyl groups is 1. The van der Waals surface area contributed by atoms with Gasteiger partial charge in [-0.05, 0) is 13.3 Å². The Morgan fingerprint density at radius 2 is 2.17 bits per heavy atom. The number of fused-ring (bicyclic) bond motifs is 1. The van der Waals surface area contributed by atoms with E-state index in [9.17, 15) is 5.11 Å². The largest absolute Gasteiger partial charge is 0.391 e. The van der Waals surface area contributed by atoms with Gasteiger partial charge in [0.25, 0.3) is 0 Å². The van der Waals surface area contributed by atoms with Gasteiger partial charge in [-0.25, -0.2) is 4.98 Å². The third kappa shape index (κ3) is 2.67. The molecule has 4 N–H and O–H groups in total. The van der Waals surface area contributed by atoms with Gasteiger partial charge in [-0.3, -0.25) is 0 Å². The summed E-state index contributed by atoms with van der Waals surface area (Å²) in [4.78, 5) is 15.7. The van der Waals surface area contributed by atoms with Gasteiger partial charge in [0.1, 0.15) is 5.52 Å². The Kier molecular flexibility index (Phi) is 3.93. The van der Waals surface area contributed by atoms with Crippen LogP contribution in [0.4, 0.5) is 11.8 Å². The van der Waals surface area contributed by atoms with Crippen LogP contribution in [0.15, 0.2) is 6.33 Å². The summed E-state index contributed by atoms with van der Waals surface area (Å²) in [6.07, 6.45) is 1.89. The smallest absolute Gasteiger partial charge is 0.226 e. The first-order valence-electron chi connectivity index (χ1n) is 6.11. The Labute approximate surface area is 105 Å². The van der Waals surface area contributed by atoms with Gasteiger partial charge >= 0.3 is 0 Å². The molecule has 0 aliphatic heterocycles. The van der Waals surface area contributed by atoms with Gasteiger partial charge in [-0.15, -0.1) is 0 Å². The van der Waals surface area contributed by atoms with Crippen molar-refractivity contribution < 1.29 is 5.11 Å². The summed E-state index contributed by atoms with van der Waals surface area (Å²) in [6.45, 7) is 5.11. The summed E-state index contributed by atoms with van der Waals surface area (Å²) in [6, 6.07) is 0. The lowest BCUT2D eigenvalue weighted by atomic mass is 10.3. The van der Waals surface area contributed by atoms with E-state index in [1.54, 1.807) is 6.33 Å². The first kappa shape index (κ1) is 12.6. The Hall–Kier alpha value is -1.89.